The van der Waals surface area contributed by atoms with Gasteiger partial charge in [0.15, 0.2) is 0 Å². The highest BCUT2D eigenvalue weighted by atomic mass is 15.1. The van der Waals surface area contributed by atoms with Crippen molar-refractivity contribution in [2.45, 2.75) is 52.1 Å². The van der Waals surface area contributed by atoms with E-state index in [1.165, 1.54) is 32.4 Å². The molecule has 1 heterocycles. The minimum Gasteiger partial charge on any atom is -0.311 e. The van der Waals surface area contributed by atoms with E-state index in [4.69, 9.17) is 0 Å². The summed E-state index contributed by atoms with van der Waals surface area (Å²) in [4.78, 5) is 2.45. The normalized spacial score (nSPS) is 37.6. The van der Waals surface area contributed by atoms with Gasteiger partial charge in [0.05, 0.1) is 0 Å². The largest absolute Gasteiger partial charge is 0.311 e. The molecule has 1 saturated carbocycles. The molecular formula is C13H26N2. The summed E-state index contributed by atoms with van der Waals surface area (Å²) in [6, 6.07) is 1.45. The Bertz CT molecular complexity index is 223. The summed E-state index contributed by atoms with van der Waals surface area (Å²) in [6.45, 7) is 9.68. The van der Waals surface area contributed by atoms with Crippen LogP contribution in [0.4, 0.5) is 0 Å². The quantitative estimate of drug-likeness (QED) is 0.767. The van der Waals surface area contributed by atoms with Gasteiger partial charge in [-0.1, -0.05) is 13.8 Å². The van der Waals surface area contributed by atoms with Gasteiger partial charge in [-0.3, -0.25) is 0 Å². The van der Waals surface area contributed by atoms with E-state index in [9.17, 15) is 0 Å². The van der Waals surface area contributed by atoms with Crippen LogP contribution < -0.4 is 5.32 Å². The van der Waals surface area contributed by atoms with Crippen molar-refractivity contribution in [1.29, 1.82) is 0 Å². The van der Waals surface area contributed by atoms with E-state index < -0.39 is 0 Å². The second kappa shape index (κ2) is 4.06. The zero-order chi connectivity index (χ0) is 11.1. The van der Waals surface area contributed by atoms with Gasteiger partial charge in [-0.25, -0.2) is 0 Å². The van der Waals surface area contributed by atoms with Crippen LogP contribution in [0.15, 0.2) is 0 Å². The molecule has 0 aromatic rings. The average Bonchev–Trinajstić information content (AvgIpc) is 2.90. The van der Waals surface area contributed by atoms with Crippen LogP contribution in [0.1, 0.15) is 40.0 Å². The standard InChI is InChI=1S/C13H26N2/c1-10-9-15(4)8-5-12(10)14-11(2)13(3)6-7-13/h10-12,14H,5-9H2,1-4H3. The Morgan fingerprint density at radius 1 is 1.40 bits per heavy atom. The molecule has 2 fully saturated rings. The summed E-state index contributed by atoms with van der Waals surface area (Å²) in [7, 11) is 2.23. The van der Waals surface area contributed by atoms with Crippen LogP contribution in [0, 0.1) is 11.3 Å². The van der Waals surface area contributed by atoms with Crippen molar-refractivity contribution >= 4 is 0 Å². The van der Waals surface area contributed by atoms with Gasteiger partial charge in [0.2, 0.25) is 0 Å². The van der Waals surface area contributed by atoms with Crippen molar-refractivity contribution in [3.05, 3.63) is 0 Å². The molecule has 3 atom stereocenters. The van der Waals surface area contributed by atoms with Crippen molar-refractivity contribution in [2.24, 2.45) is 11.3 Å². The van der Waals surface area contributed by atoms with Gasteiger partial charge in [-0.15, -0.1) is 0 Å². The first-order valence-electron chi connectivity index (χ1n) is 6.46. The van der Waals surface area contributed by atoms with Crippen LogP contribution in [-0.2, 0) is 0 Å². The number of likely N-dealkylation sites (tertiary alicyclic amines) is 1. The monoisotopic (exact) mass is 210 g/mol. The maximum atomic E-state index is 3.86. The van der Waals surface area contributed by atoms with E-state index in [1.54, 1.807) is 0 Å². The molecule has 15 heavy (non-hydrogen) atoms. The third kappa shape index (κ3) is 2.54. The van der Waals surface area contributed by atoms with Crippen LogP contribution in [-0.4, -0.2) is 37.1 Å². The first kappa shape index (κ1) is 11.4. The van der Waals surface area contributed by atoms with Gasteiger partial charge in [0.1, 0.15) is 0 Å². The molecule has 3 unspecified atom stereocenters. The third-order valence-corrected chi connectivity index (χ3v) is 4.66. The predicted octanol–water partition coefficient (Wildman–Crippen LogP) is 2.10. The summed E-state index contributed by atoms with van der Waals surface area (Å²) in [5.74, 6) is 0.800. The van der Waals surface area contributed by atoms with Gasteiger partial charge in [0.25, 0.3) is 0 Å². The molecule has 88 valence electrons. The molecule has 0 bridgehead atoms. The number of hydrogen-bond donors (Lipinski definition) is 1. The highest BCUT2D eigenvalue weighted by Crippen LogP contribution is 2.48. The molecule has 2 aliphatic rings. The van der Waals surface area contributed by atoms with E-state index in [0.717, 1.165) is 12.0 Å². The van der Waals surface area contributed by atoms with Gasteiger partial charge in [-0.2, -0.15) is 0 Å². The fourth-order valence-electron chi connectivity index (χ4n) is 2.75. The Morgan fingerprint density at radius 2 is 2.07 bits per heavy atom. The SMILES string of the molecule is CC1CN(C)CCC1NC(C)C1(C)CC1. The molecule has 1 aliphatic heterocycles. The second-order valence-electron chi connectivity index (χ2n) is 6.18. The summed E-state index contributed by atoms with van der Waals surface area (Å²) in [5.41, 5.74) is 0.614. The van der Waals surface area contributed by atoms with Crippen LogP contribution in [0.5, 0.6) is 0 Å². The van der Waals surface area contributed by atoms with Crippen molar-refractivity contribution in [3.63, 3.8) is 0 Å². The van der Waals surface area contributed by atoms with Crippen molar-refractivity contribution in [1.82, 2.24) is 10.2 Å². The number of rotatable bonds is 3. The van der Waals surface area contributed by atoms with Gasteiger partial charge in [0, 0.05) is 18.6 Å². The number of nitrogens with zero attached hydrogens (tertiary/aromatic N) is 1. The van der Waals surface area contributed by atoms with E-state index in [2.05, 4.69) is 38.0 Å². The van der Waals surface area contributed by atoms with E-state index in [0.29, 0.717) is 11.5 Å². The highest BCUT2D eigenvalue weighted by molar-refractivity contribution is 4.98. The molecule has 0 aromatic carbocycles. The van der Waals surface area contributed by atoms with E-state index in [-0.39, 0.29) is 0 Å². The Kier molecular flexibility index (Phi) is 3.09. The van der Waals surface area contributed by atoms with Crippen LogP contribution in [0.3, 0.4) is 0 Å². The topological polar surface area (TPSA) is 15.3 Å². The fourth-order valence-corrected chi connectivity index (χ4v) is 2.75. The third-order valence-electron chi connectivity index (χ3n) is 4.66. The number of piperidine rings is 1. The molecule has 0 spiro atoms. The maximum Gasteiger partial charge on any atom is 0.0120 e. The molecule has 2 heteroatoms. The summed E-state index contributed by atoms with van der Waals surface area (Å²) >= 11 is 0. The second-order valence-corrected chi connectivity index (χ2v) is 6.18. The van der Waals surface area contributed by atoms with Gasteiger partial charge < -0.3 is 10.2 Å². The lowest BCUT2D eigenvalue weighted by molar-refractivity contribution is 0.157. The van der Waals surface area contributed by atoms with Crippen LogP contribution in [0.25, 0.3) is 0 Å². The predicted molar refractivity (Wildman–Crippen MR) is 65.0 cm³/mol. The zero-order valence-electron chi connectivity index (χ0n) is 10.7. The molecular weight excluding hydrogens is 184 g/mol. The minimum absolute atomic E-state index is 0.614. The molecule has 0 amide bonds. The lowest BCUT2D eigenvalue weighted by Gasteiger charge is -2.38. The highest BCUT2D eigenvalue weighted by Gasteiger charge is 2.43. The summed E-state index contributed by atoms with van der Waals surface area (Å²) in [6.07, 6.45) is 4.16. The Balaban J connectivity index is 1.83. The molecule has 0 aromatic heterocycles. The van der Waals surface area contributed by atoms with Gasteiger partial charge in [-0.05, 0) is 51.1 Å². The molecule has 0 radical (unpaired) electrons. The van der Waals surface area contributed by atoms with Crippen molar-refractivity contribution < 1.29 is 0 Å². The Morgan fingerprint density at radius 3 is 2.60 bits per heavy atom. The molecule has 2 nitrogen and oxygen atoms in total. The first-order valence-corrected chi connectivity index (χ1v) is 6.46. The summed E-state index contributed by atoms with van der Waals surface area (Å²) < 4.78 is 0. The molecule has 1 N–H and O–H groups in total. The van der Waals surface area contributed by atoms with E-state index in [1.807, 2.05) is 0 Å². The smallest absolute Gasteiger partial charge is 0.0120 e. The zero-order valence-corrected chi connectivity index (χ0v) is 10.7. The maximum absolute atomic E-state index is 3.86. The molecule has 1 aliphatic carbocycles. The lowest BCUT2D eigenvalue weighted by atomic mass is 9.91. The van der Waals surface area contributed by atoms with Crippen molar-refractivity contribution in [3.8, 4) is 0 Å². The first-order chi connectivity index (χ1) is 7.01. The molecule has 1 saturated heterocycles. The van der Waals surface area contributed by atoms with Gasteiger partial charge >= 0.3 is 0 Å². The number of hydrogen-bond acceptors (Lipinski definition) is 2. The average molecular weight is 210 g/mol. The Labute approximate surface area is 94.4 Å². The van der Waals surface area contributed by atoms with Crippen molar-refractivity contribution in [2.75, 3.05) is 20.1 Å². The molecule has 2 rings (SSSR count). The minimum atomic E-state index is 0.614. The Hall–Kier alpha value is -0.0800. The lowest BCUT2D eigenvalue weighted by Crippen LogP contribution is -2.51. The van der Waals surface area contributed by atoms with Crippen LogP contribution in [0.2, 0.25) is 0 Å². The van der Waals surface area contributed by atoms with Crippen LogP contribution >= 0.6 is 0 Å². The fraction of sp³-hybridized carbons (Fsp3) is 1.00. The number of nitrogens with one attached hydrogen (secondary N) is 1. The summed E-state index contributed by atoms with van der Waals surface area (Å²) in [5, 5.41) is 3.86. The van der Waals surface area contributed by atoms with E-state index >= 15 is 0 Å².